The number of methoxy groups -OCH3 is 2. The summed E-state index contributed by atoms with van der Waals surface area (Å²) in [5.41, 5.74) is 1.15. The molecule has 1 saturated heterocycles. The van der Waals surface area contributed by atoms with E-state index >= 15 is 0 Å². The van der Waals surface area contributed by atoms with Crippen LogP contribution in [0.4, 0.5) is 0 Å². The molecular formula is C29H38N2O6. The molecule has 37 heavy (non-hydrogen) atoms. The lowest BCUT2D eigenvalue weighted by molar-refractivity contribution is -0.140. The smallest absolute Gasteiger partial charge is 0.295 e. The molecule has 0 bridgehead atoms. The second-order valence-corrected chi connectivity index (χ2v) is 8.86. The van der Waals surface area contributed by atoms with Crippen LogP contribution in [0.15, 0.2) is 48.0 Å². The monoisotopic (exact) mass is 510 g/mol. The van der Waals surface area contributed by atoms with Crippen molar-refractivity contribution < 1.29 is 28.9 Å². The summed E-state index contributed by atoms with van der Waals surface area (Å²) < 4.78 is 16.6. The number of aliphatic hydroxyl groups is 1. The van der Waals surface area contributed by atoms with Gasteiger partial charge in [0.25, 0.3) is 11.7 Å². The molecule has 8 nitrogen and oxygen atoms in total. The first-order valence-corrected chi connectivity index (χ1v) is 12.9. The van der Waals surface area contributed by atoms with Crippen molar-refractivity contribution in [2.75, 3.05) is 47.0 Å². The van der Waals surface area contributed by atoms with Gasteiger partial charge in [-0.15, -0.1) is 0 Å². The van der Waals surface area contributed by atoms with Crippen molar-refractivity contribution in [2.45, 2.75) is 39.7 Å². The normalized spacial score (nSPS) is 16.9. The summed E-state index contributed by atoms with van der Waals surface area (Å²) in [7, 11) is 3.11. The Hall–Kier alpha value is -3.52. The molecule has 2 aromatic carbocycles. The third-order valence-electron chi connectivity index (χ3n) is 6.64. The molecule has 1 aliphatic heterocycles. The van der Waals surface area contributed by atoms with Crippen LogP contribution in [-0.4, -0.2) is 73.6 Å². The van der Waals surface area contributed by atoms with Gasteiger partial charge in [0.1, 0.15) is 11.5 Å². The SMILES string of the molecule is CCCOc1ccc([C@H]2C(=C(O)c3ccc(OC)cc3)C(=O)C(=O)N2CCCN(CC)CC)cc1OC. The lowest BCUT2D eigenvalue weighted by atomic mass is 9.95. The molecule has 1 aliphatic rings. The van der Waals surface area contributed by atoms with Gasteiger partial charge >= 0.3 is 0 Å². The Balaban J connectivity index is 2.07. The van der Waals surface area contributed by atoms with Gasteiger partial charge in [0.2, 0.25) is 0 Å². The number of hydrogen-bond donors (Lipinski definition) is 1. The third-order valence-corrected chi connectivity index (χ3v) is 6.64. The number of aliphatic hydroxyl groups excluding tert-OH is 1. The molecule has 0 unspecified atom stereocenters. The molecule has 0 aliphatic carbocycles. The molecule has 1 heterocycles. The van der Waals surface area contributed by atoms with Crippen LogP contribution in [-0.2, 0) is 9.59 Å². The molecule has 0 radical (unpaired) electrons. The van der Waals surface area contributed by atoms with Gasteiger partial charge in [-0.1, -0.05) is 26.8 Å². The Labute approximate surface area is 219 Å². The van der Waals surface area contributed by atoms with Crippen LogP contribution < -0.4 is 14.2 Å². The van der Waals surface area contributed by atoms with Crippen molar-refractivity contribution in [3.8, 4) is 17.2 Å². The van der Waals surface area contributed by atoms with Crippen LogP contribution in [0, 0.1) is 0 Å². The summed E-state index contributed by atoms with van der Waals surface area (Å²) in [4.78, 5) is 30.4. The molecular weight excluding hydrogens is 472 g/mol. The summed E-state index contributed by atoms with van der Waals surface area (Å²) in [6.45, 7) is 9.75. The molecule has 3 rings (SSSR count). The Bertz CT molecular complexity index is 1110. The number of carbonyl (C=O) groups is 2. The van der Waals surface area contributed by atoms with Crippen molar-refractivity contribution in [3.05, 3.63) is 59.2 Å². The van der Waals surface area contributed by atoms with Crippen molar-refractivity contribution in [2.24, 2.45) is 0 Å². The van der Waals surface area contributed by atoms with E-state index in [2.05, 4.69) is 18.7 Å². The Morgan fingerprint density at radius 1 is 0.973 bits per heavy atom. The molecule has 8 heteroatoms. The van der Waals surface area contributed by atoms with Crippen LogP contribution in [0.3, 0.4) is 0 Å². The molecule has 0 saturated carbocycles. The number of carbonyl (C=O) groups excluding carboxylic acids is 2. The maximum Gasteiger partial charge on any atom is 0.295 e. The lowest BCUT2D eigenvalue weighted by Crippen LogP contribution is -2.33. The number of rotatable bonds is 13. The number of amides is 1. The maximum absolute atomic E-state index is 13.3. The van der Waals surface area contributed by atoms with E-state index in [1.54, 1.807) is 55.5 Å². The second kappa shape index (κ2) is 13.1. The standard InChI is InChI=1S/C29H38N2O6/c1-6-18-37-23-15-12-21(19-24(23)36-5)26-25(27(32)20-10-13-22(35-4)14-11-20)28(33)29(34)31(26)17-9-16-30(7-2)8-3/h10-15,19,26,32H,6-9,16-18H2,1-5H3/t26-/m0/s1. The van der Waals surface area contributed by atoms with Crippen molar-refractivity contribution in [1.82, 2.24) is 9.80 Å². The van der Waals surface area contributed by atoms with E-state index in [1.807, 2.05) is 13.0 Å². The van der Waals surface area contributed by atoms with E-state index in [0.29, 0.717) is 47.9 Å². The molecule has 2 aromatic rings. The number of ether oxygens (including phenoxy) is 3. The molecule has 1 N–H and O–H groups in total. The third kappa shape index (κ3) is 6.25. The predicted molar refractivity (Wildman–Crippen MR) is 143 cm³/mol. The van der Waals surface area contributed by atoms with Crippen LogP contribution in [0.2, 0.25) is 0 Å². The van der Waals surface area contributed by atoms with Gasteiger partial charge in [-0.3, -0.25) is 9.59 Å². The summed E-state index contributed by atoms with van der Waals surface area (Å²) in [6.07, 6.45) is 1.54. The second-order valence-electron chi connectivity index (χ2n) is 8.86. The number of hydrogen-bond acceptors (Lipinski definition) is 7. The fraction of sp³-hybridized carbons (Fsp3) is 0.448. The highest BCUT2D eigenvalue weighted by Gasteiger charge is 2.46. The van der Waals surface area contributed by atoms with Crippen LogP contribution >= 0.6 is 0 Å². The zero-order valence-corrected chi connectivity index (χ0v) is 22.5. The quantitative estimate of drug-likeness (QED) is 0.238. The predicted octanol–water partition coefficient (Wildman–Crippen LogP) is 4.65. The van der Waals surface area contributed by atoms with Crippen molar-refractivity contribution in [1.29, 1.82) is 0 Å². The van der Waals surface area contributed by atoms with Gasteiger partial charge < -0.3 is 29.1 Å². The number of Topliss-reactive ketones (excluding diaryl/α,β-unsaturated/α-hetero) is 1. The minimum Gasteiger partial charge on any atom is -0.507 e. The first kappa shape index (κ1) is 28.1. The number of nitrogens with zero attached hydrogens (tertiary/aromatic N) is 2. The minimum atomic E-state index is -0.757. The molecule has 0 spiro atoms. The first-order chi connectivity index (χ1) is 17.9. The fourth-order valence-electron chi connectivity index (χ4n) is 4.55. The van der Waals surface area contributed by atoms with Gasteiger partial charge in [0.05, 0.1) is 32.4 Å². The molecule has 1 fully saturated rings. The van der Waals surface area contributed by atoms with Gasteiger partial charge in [-0.2, -0.15) is 0 Å². The Morgan fingerprint density at radius 3 is 2.27 bits per heavy atom. The zero-order chi connectivity index (χ0) is 26.9. The highest BCUT2D eigenvalue weighted by molar-refractivity contribution is 6.46. The van der Waals surface area contributed by atoms with Crippen LogP contribution in [0.25, 0.3) is 5.76 Å². The van der Waals surface area contributed by atoms with Crippen LogP contribution in [0.5, 0.6) is 17.2 Å². The van der Waals surface area contributed by atoms with E-state index in [0.717, 1.165) is 26.1 Å². The highest BCUT2D eigenvalue weighted by Crippen LogP contribution is 2.42. The lowest BCUT2D eigenvalue weighted by Gasteiger charge is -2.27. The van der Waals surface area contributed by atoms with Gasteiger partial charge in [-0.05, 0) is 74.4 Å². The largest absolute Gasteiger partial charge is 0.507 e. The fourth-order valence-corrected chi connectivity index (χ4v) is 4.55. The minimum absolute atomic E-state index is 0.0577. The van der Waals surface area contributed by atoms with E-state index < -0.39 is 17.7 Å². The number of ketones is 1. The summed E-state index contributed by atoms with van der Waals surface area (Å²) in [5.74, 6) is 0.169. The average Bonchev–Trinajstić information content (AvgIpc) is 3.18. The van der Waals surface area contributed by atoms with E-state index in [1.165, 1.54) is 0 Å². The first-order valence-electron chi connectivity index (χ1n) is 12.9. The van der Waals surface area contributed by atoms with E-state index in [9.17, 15) is 14.7 Å². The van der Waals surface area contributed by atoms with Gasteiger partial charge in [0.15, 0.2) is 11.5 Å². The topological polar surface area (TPSA) is 88.5 Å². The maximum atomic E-state index is 13.3. The molecule has 1 atom stereocenters. The van der Waals surface area contributed by atoms with Crippen molar-refractivity contribution >= 4 is 17.4 Å². The van der Waals surface area contributed by atoms with Gasteiger partial charge in [-0.25, -0.2) is 0 Å². The molecule has 1 amide bonds. The molecule has 0 aromatic heterocycles. The van der Waals surface area contributed by atoms with Crippen molar-refractivity contribution in [3.63, 3.8) is 0 Å². The number of likely N-dealkylation sites (tertiary alicyclic amines) is 1. The van der Waals surface area contributed by atoms with Gasteiger partial charge in [0, 0.05) is 12.1 Å². The Morgan fingerprint density at radius 2 is 1.68 bits per heavy atom. The molecule has 200 valence electrons. The summed E-state index contributed by atoms with van der Waals surface area (Å²) >= 11 is 0. The summed E-state index contributed by atoms with van der Waals surface area (Å²) in [5, 5.41) is 11.3. The Kier molecular flexibility index (Phi) is 9.97. The van der Waals surface area contributed by atoms with E-state index in [-0.39, 0.29) is 11.3 Å². The number of benzene rings is 2. The zero-order valence-electron chi connectivity index (χ0n) is 22.5. The highest BCUT2D eigenvalue weighted by atomic mass is 16.5. The van der Waals surface area contributed by atoms with Crippen LogP contribution in [0.1, 0.15) is 50.8 Å². The average molecular weight is 511 g/mol. The summed E-state index contributed by atoms with van der Waals surface area (Å²) in [6, 6.07) is 11.4. The van der Waals surface area contributed by atoms with E-state index in [4.69, 9.17) is 14.2 Å².